The molecular weight excluding hydrogens is 324 g/mol. The van der Waals surface area contributed by atoms with Gasteiger partial charge in [0.25, 0.3) is 0 Å². The SMILES string of the molecule is CCNC(CCSC)c1c(Br)cnn1CCN(C)C. The molecule has 0 aliphatic heterocycles. The van der Waals surface area contributed by atoms with Crippen LogP contribution < -0.4 is 5.32 Å². The summed E-state index contributed by atoms with van der Waals surface area (Å²) in [5.41, 5.74) is 1.28. The van der Waals surface area contributed by atoms with Gasteiger partial charge < -0.3 is 10.2 Å². The van der Waals surface area contributed by atoms with Gasteiger partial charge in [-0.1, -0.05) is 6.92 Å². The first-order chi connectivity index (χ1) is 9.10. The predicted molar refractivity (Wildman–Crippen MR) is 87.9 cm³/mol. The minimum absolute atomic E-state index is 0.372. The molecule has 1 aromatic heterocycles. The Balaban J connectivity index is 2.83. The van der Waals surface area contributed by atoms with Crippen LogP contribution in [-0.2, 0) is 6.54 Å². The van der Waals surface area contributed by atoms with Gasteiger partial charge in [-0.25, -0.2) is 0 Å². The third-order valence-corrected chi connectivity index (χ3v) is 4.24. The van der Waals surface area contributed by atoms with Crippen molar-refractivity contribution in [1.82, 2.24) is 20.0 Å². The highest BCUT2D eigenvalue weighted by atomic mass is 79.9. The highest BCUT2D eigenvalue weighted by molar-refractivity contribution is 9.10. The molecule has 1 N–H and O–H groups in total. The Kier molecular flexibility index (Phi) is 8.06. The van der Waals surface area contributed by atoms with E-state index in [1.165, 1.54) is 5.69 Å². The minimum atomic E-state index is 0.372. The molecule has 0 amide bonds. The smallest absolute Gasteiger partial charge is 0.0696 e. The molecule has 1 atom stereocenters. The summed E-state index contributed by atoms with van der Waals surface area (Å²) in [6.07, 6.45) is 5.19. The van der Waals surface area contributed by atoms with E-state index >= 15 is 0 Å². The monoisotopic (exact) mass is 348 g/mol. The van der Waals surface area contributed by atoms with E-state index < -0.39 is 0 Å². The van der Waals surface area contributed by atoms with Gasteiger partial charge in [0, 0.05) is 6.54 Å². The van der Waals surface area contributed by atoms with E-state index in [-0.39, 0.29) is 0 Å². The van der Waals surface area contributed by atoms with Crippen LogP contribution in [0, 0.1) is 0 Å². The summed E-state index contributed by atoms with van der Waals surface area (Å²) < 4.78 is 3.23. The second-order valence-electron chi connectivity index (χ2n) is 4.80. The van der Waals surface area contributed by atoms with E-state index in [0.717, 1.165) is 36.3 Å². The molecule has 0 aliphatic rings. The lowest BCUT2D eigenvalue weighted by Gasteiger charge is -2.20. The van der Waals surface area contributed by atoms with Crippen molar-refractivity contribution in [3.05, 3.63) is 16.4 Å². The second-order valence-corrected chi connectivity index (χ2v) is 6.64. The largest absolute Gasteiger partial charge is 0.309 e. The summed E-state index contributed by atoms with van der Waals surface area (Å²) in [5.74, 6) is 1.16. The first kappa shape index (κ1) is 17.0. The average molecular weight is 349 g/mol. The van der Waals surface area contributed by atoms with Crippen LogP contribution in [0.15, 0.2) is 10.7 Å². The molecule has 0 aliphatic carbocycles. The van der Waals surface area contributed by atoms with Gasteiger partial charge in [-0.05, 0) is 55.0 Å². The highest BCUT2D eigenvalue weighted by Crippen LogP contribution is 2.26. The molecular formula is C13H25BrN4S. The molecule has 0 aromatic carbocycles. The maximum Gasteiger partial charge on any atom is 0.0696 e. The van der Waals surface area contributed by atoms with Crippen LogP contribution in [0.1, 0.15) is 25.1 Å². The van der Waals surface area contributed by atoms with E-state index in [4.69, 9.17) is 0 Å². The van der Waals surface area contributed by atoms with Crippen molar-refractivity contribution < 1.29 is 0 Å². The van der Waals surface area contributed by atoms with E-state index in [9.17, 15) is 0 Å². The number of rotatable bonds is 9. The lowest BCUT2D eigenvalue weighted by molar-refractivity contribution is 0.361. The van der Waals surface area contributed by atoms with Crippen LogP contribution in [0.25, 0.3) is 0 Å². The predicted octanol–water partition coefficient (Wildman–Crippen LogP) is 2.61. The third kappa shape index (κ3) is 5.45. The van der Waals surface area contributed by atoms with Crippen LogP contribution >= 0.6 is 27.7 Å². The molecule has 19 heavy (non-hydrogen) atoms. The summed E-state index contributed by atoms with van der Waals surface area (Å²) in [4.78, 5) is 2.18. The van der Waals surface area contributed by atoms with E-state index in [0.29, 0.717) is 6.04 Å². The summed E-state index contributed by atoms with van der Waals surface area (Å²) in [7, 11) is 4.18. The number of hydrogen-bond acceptors (Lipinski definition) is 4. The number of hydrogen-bond donors (Lipinski definition) is 1. The van der Waals surface area contributed by atoms with Crippen molar-refractivity contribution in [2.75, 3.05) is 39.2 Å². The second kappa shape index (κ2) is 9.00. The highest BCUT2D eigenvalue weighted by Gasteiger charge is 2.19. The van der Waals surface area contributed by atoms with Crippen molar-refractivity contribution in [1.29, 1.82) is 0 Å². The number of likely N-dealkylation sites (N-methyl/N-ethyl adjacent to an activating group) is 1. The number of nitrogens with zero attached hydrogens (tertiary/aromatic N) is 3. The molecule has 4 nitrogen and oxygen atoms in total. The molecule has 0 spiro atoms. The van der Waals surface area contributed by atoms with E-state index in [1.807, 2.05) is 18.0 Å². The fourth-order valence-electron chi connectivity index (χ4n) is 2.01. The molecule has 0 radical (unpaired) electrons. The van der Waals surface area contributed by atoms with Gasteiger partial charge in [0.2, 0.25) is 0 Å². The van der Waals surface area contributed by atoms with Gasteiger partial charge >= 0.3 is 0 Å². The van der Waals surface area contributed by atoms with Gasteiger partial charge in [0.05, 0.1) is 29.0 Å². The fourth-order valence-corrected chi connectivity index (χ4v) is 3.05. The van der Waals surface area contributed by atoms with Crippen LogP contribution in [0.4, 0.5) is 0 Å². The standard InChI is InChI=1S/C13H25BrN4S/c1-5-15-12(6-9-19-4)13-11(14)10-16-18(13)8-7-17(2)3/h10,12,15H,5-9H2,1-4H3. The molecule has 1 unspecified atom stereocenters. The number of thioether (sulfide) groups is 1. The Morgan fingerprint density at radius 2 is 2.26 bits per heavy atom. The maximum absolute atomic E-state index is 4.50. The molecule has 1 rings (SSSR count). The Labute approximate surface area is 129 Å². The van der Waals surface area contributed by atoms with Crippen LogP contribution in [-0.4, -0.2) is 53.9 Å². The van der Waals surface area contributed by atoms with E-state index in [2.05, 4.69) is 63.2 Å². The molecule has 0 saturated heterocycles. The number of halogens is 1. The topological polar surface area (TPSA) is 33.1 Å². The van der Waals surface area contributed by atoms with Crippen molar-refractivity contribution in [3.8, 4) is 0 Å². The fraction of sp³-hybridized carbons (Fsp3) is 0.769. The first-order valence-electron chi connectivity index (χ1n) is 6.68. The zero-order valence-electron chi connectivity index (χ0n) is 12.3. The van der Waals surface area contributed by atoms with Crippen molar-refractivity contribution in [2.45, 2.75) is 25.9 Å². The Morgan fingerprint density at radius 3 is 2.84 bits per heavy atom. The van der Waals surface area contributed by atoms with Crippen LogP contribution in [0.2, 0.25) is 0 Å². The molecule has 6 heteroatoms. The summed E-state index contributed by atoms with van der Waals surface area (Å²) in [6, 6.07) is 0.372. The number of nitrogens with one attached hydrogen (secondary N) is 1. The molecule has 1 aromatic rings. The summed E-state index contributed by atoms with van der Waals surface area (Å²) in [6.45, 7) is 5.06. The third-order valence-electron chi connectivity index (χ3n) is 2.98. The molecule has 0 saturated carbocycles. The van der Waals surface area contributed by atoms with Crippen molar-refractivity contribution in [3.63, 3.8) is 0 Å². The minimum Gasteiger partial charge on any atom is -0.309 e. The zero-order valence-corrected chi connectivity index (χ0v) is 14.7. The Bertz CT molecular complexity index is 368. The van der Waals surface area contributed by atoms with Crippen LogP contribution in [0.3, 0.4) is 0 Å². The van der Waals surface area contributed by atoms with Crippen molar-refractivity contribution in [2.24, 2.45) is 0 Å². The van der Waals surface area contributed by atoms with Gasteiger partial charge in [-0.15, -0.1) is 0 Å². The van der Waals surface area contributed by atoms with Gasteiger partial charge in [0.1, 0.15) is 0 Å². The molecule has 110 valence electrons. The molecule has 1 heterocycles. The van der Waals surface area contributed by atoms with Gasteiger partial charge in [-0.2, -0.15) is 16.9 Å². The lowest BCUT2D eigenvalue weighted by Crippen LogP contribution is -2.27. The summed E-state index contributed by atoms with van der Waals surface area (Å²) >= 11 is 5.53. The quantitative estimate of drug-likeness (QED) is 0.743. The Morgan fingerprint density at radius 1 is 1.53 bits per heavy atom. The molecule has 0 fully saturated rings. The molecule has 0 bridgehead atoms. The van der Waals surface area contributed by atoms with Crippen LogP contribution in [0.5, 0.6) is 0 Å². The van der Waals surface area contributed by atoms with E-state index in [1.54, 1.807) is 0 Å². The van der Waals surface area contributed by atoms with Crippen molar-refractivity contribution >= 4 is 27.7 Å². The maximum atomic E-state index is 4.50. The summed E-state index contributed by atoms with van der Waals surface area (Å²) in [5, 5.41) is 8.07. The first-order valence-corrected chi connectivity index (χ1v) is 8.87. The Hall–Kier alpha value is -0.0400. The lowest BCUT2D eigenvalue weighted by atomic mass is 10.1. The van der Waals surface area contributed by atoms with Gasteiger partial charge in [0.15, 0.2) is 0 Å². The normalized spacial score (nSPS) is 13.2. The van der Waals surface area contributed by atoms with Gasteiger partial charge in [-0.3, -0.25) is 4.68 Å². The zero-order chi connectivity index (χ0) is 14.3. The number of aromatic nitrogens is 2. The average Bonchev–Trinajstić information content (AvgIpc) is 2.73.